The quantitative estimate of drug-likeness (QED) is 0.204. The molecule has 0 spiro atoms. The van der Waals surface area contributed by atoms with Gasteiger partial charge in [0, 0.05) is 18.7 Å². The summed E-state index contributed by atoms with van der Waals surface area (Å²) in [5.41, 5.74) is 0.992. The number of nitrogens with zero attached hydrogens (tertiary/aromatic N) is 3. The molecule has 4 rings (SSSR count). The number of benzene rings is 3. The van der Waals surface area contributed by atoms with Crippen LogP contribution >= 0.6 is 0 Å². The predicted octanol–water partition coefficient (Wildman–Crippen LogP) is 5.55. The molecule has 0 aliphatic carbocycles. The van der Waals surface area contributed by atoms with E-state index < -0.39 is 17.8 Å². The molecular weight excluding hydrogens is 519 g/mol. The van der Waals surface area contributed by atoms with E-state index in [1.54, 1.807) is 55.5 Å². The first-order valence-corrected chi connectivity index (χ1v) is 12.8. The van der Waals surface area contributed by atoms with Gasteiger partial charge in [0.1, 0.15) is 5.82 Å². The smallest absolute Gasteiger partial charge is 0.380 e. The Kier molecular flexibility index (Phi) is 8.70. The van der Waals surface area contributed by atoms with E-state index in [4.69, 9.17) is 16.1 Å². The molecule has 1 amide bonds. The molecule has 9 heteroatoms. The zero-order chi connectivity index (χ0) is 28.9. The standard InChI is InChI=1S/C31H28F3N3O3/c1-4-22-12-16-25(17-13-22)37-29(35-27-9-7-6-8-26(27)30(37)39)21(3)36(18-19-40-5-2)28(38)20-23-10-14-24(15-11-23)31(32,33)34/h1,6-17,21H,5,18-20H2,2-3H3/t21-/m1/s1. The van der Waals surface area contributed by atoms with Gasteiger partial charge in [-0.1, -0.05) is 30.2 Å². The Labute approximate surface area is 230 Å². The van der Waals surface area contributed by atoms with Gasteiger partial charge in [-0.25, -0.2) is 4.98 Å². The van der Waals surface area contributed by atoms with Gasteiger partial charge in [0.2, 0.25) is 5.91 Å². The molecule has 1 heterocycles. The minimum atomic E-state index is -4.47. The molecule has 3 aromatic carbocycles. The average Bonchev–Trinajstić information content (AvgIpc) is 2.95. The lowest BCUT2D eigenvalue weighted by atomic mass is 10.1. The second-order valence-corrected chi connectivity index (χ2v) is 9.15. The fourth-order valence-corrected chi connectivity index (χ4v) is 4.46. The van der Waals surface area contributed by atoms with E-state index in [1.165, 1.54) is 21.6 Å². The highest BCUT2D eigenvalue weighted by molar-refractivity contribution is 5.80. The fraction of sp³-hybridized carbons (Fsp3) is 0.258. The molecule has 1 atom stereocenters. The van der Waals surface area contributed by atoms with Crippen LogP contribution in [0.15, 0.2) is 77.6 Å². The summed E-state index contributed by atoms with van der Waals surface area (Å²) in [5.74, 6) is 2.54. The number of aromatic nitrogens is 2. The summed E-state index contributed by atoms with van der Waals surface area (Å²) in [7, 11) is 0. The highest BCUT2D eigenvalue weighted by Gasteiger charge is 2.31. The predicted molar refractivity (Wildman–Crippen MR) is 147 cm³/mol. The molecule has 40 heavy (non-hydrogen) atoms. The van der Waals surface area contributed by atoms with E-state index in [2.05, 4.69) is 5.92 Å². The van der Waals surface area contributed by atoms with E-state index in [-0.39, 0.29) is 31.0 Å². The molecule has 0 saturated heterocycles. The maximum atomic E-state index is 13.7. The molecule has 4 aromatic rings. The van der Waals surface area contributed by atoms with E-state index >= 15 is 0 Å². The van der Waals surface area contributed by atoms with Crippen LogP contribution in [0, 0.1) is 12.3 Å². The molecule has 1 aromatic heterocycles. The maximum Gasteiger partial charge on any atom is 0.416 e. The number of fused-ring (bicyclic) bond motifs is 1. The van der Waals surface area contributed by atoms with Crippen LogP contribution in [0.1, 0.15) is 42.4 Å². The van der Waals surface area contributed by atoms with Gasteiger partial charge < -0.3 is 9.64 Å². The Morgan fingerprint density at radius 1 is 1.07 bits per heavy atom. The molecule has 0 N–H and O–H groups in total. The van der Waals surface area contributed by atoms with Crippen LogP contribution in [0.2, 0.25) is 0 Å². The number of halogens is 3. The first kappa shape index (κ1) is 28.6. The largest absolute Gasteiger partial charge is 0.416 e. The third-order valence-corrected chi connectivity index (χ3v) is 6.57. The molecule has 0 unspecified atom stereocenters. The Morgan fingerprint density at radius 3 is 2.38 bits per heavy atom. The van der Waals surface area contributed by atoms with Gasteiger partial charge in [0.15, 0.2) is 0 Å². The number of amides is 1. The third kappa shape index (κ3) is 6.24. The zero-order valence-electron chi connectivity index (χ0n) is 22.1. The van der Waals surface area contributed by atoms with E-state index in [1.807, 2.05) is 6.92 Å². The summed E-state index contributed by atoms with van der Waals surface area (Å²) in [4.78, 5) is 33.7. The van der Waals surface area contributed by atoms with Crippen LogP contribution in [-0.2, 0) is 22.1 Å². The van der Waals surface area contributed by atoms with Crippen molar-refractivity contribution in [3.63, 3.8) is 0 Å². The van der Waals surface area contributed by atoms with Crippen molar-refractivity contribution in [2.45, 2.75) is 32.5 Å². The third-order valence-electron chi connectivity index (χ3n) is 6.57. The normalized spacial score (nSPS) is 12.2. The maximum absolute atomic E-state index is 13.7. The number of terminal acetylenes is 1. The first-order valence-electron chi connectivity index (χ1n) is 12.8. The molecular formula is C31H28F3N3O3. The Bertz CT molecular complexity index is 1590. The number of carbonyl (C=O) groups is 1. The highest BCUT2D eigenvalue weighted by atomic mass is 19.4. The van der Waals surface area contributed by atoms with Crippen molar-refractivity contribution in [2.24, 2.45) is 0 Å². The second-order valence-electron chi connectivity index (χ2n) is 9.15. The SMILES string of the molecule is C#Cc1ccc(-n2c([C@@H](C)N(CCOCC)C(=O)Cc3ccc(C(F)(F)F)cc3)nc3ccccc3c2=O)cc1. The van der Waals surface area contributed by atoms with Gasteiger partial charge in [-0.3, -0.25) is 14.2 Å². The van der Waals surface area contributed by atoms with E-state index in [0.717, 1.165) is 12.1 Å². The number of carbonyl (C=O) groups excluding carboxylic acids is 1. The number of hydrogen-bond donors (Lipinski definition) is 0. The number of rotatable bonds is 9. The van der Waals surface area contributed by atoms with Gasteiger partial charge in [-0.2, -0.15) is 13.2 Å². The monoisotopic (exact) mass is 547 g/mol. The summed E-state index contributed by atoms with van der Waals surface area (Å²) in [6.07, 6.45) is 0.899. The average molecular weight is 548 g/mol. The molecule has 0 aliphatic heterocycles. The fourth-order valence-electron chi connectivity index (χ4n) is 4.46. The van der Waals surface area contributed by atoms with Crippen molar-refractivity contribution in [1.82, 2.24) is 14.5 Å². The Balaban J connectivity index is 1.77. The van der Waals surface area contributed by atoms with E-state index in [9.17, 15) is 22.8 Å². The lowest BCUT2D eigenvalue weighted by Gasteiger charge is -2.30. The molecule has 6 nitrogen and oxygen atoms in total. The lowest BCUT2D eigenvalue weighted by molar-refractivity contribution is -0.137. The van der Waals surface area contributed by atoms with Crippen LogP contribution in [0.25, 0.3) is 16.6 Å². The minimum Gasteiger partial charge on any atom is -0.380 e. The summed E-state index contributed by atoms with van der Waals surface area (Å²) in [6, 6.07) is 17.6. The van der Waals surface area contributed by atoms with Crippen LogP contribution in [0.3, 0.4) is 0 Å². The molecule has 0 saturated carbocycles. The number of ether oxygens (including phenoxy) is 1. The summed E-state index contributed by atoms with van der Waals surface area (Å²) < 4.78 is 46.0. The van der Waals surface area contributed by atoms with Crippen molar-refractivity contribution in [1.29, 1.82) is 0 Å². The summed E-state index contributed by atoms with van der Waals surface area (Å²) in [5, 5.41) is 0.413. The molecule has 0 radical (unpaired) electrons. The van der Waals surface area contributed by atoms with Crippen molar-refractivity contribution in [3.05, 3.63) is 106 Å². The Hall–Kier alpha value is -4.42. The highest BCUT2D eigenvalue weighted by Crippen LogP contribution is 2.29. The van der Waals surface area contributed by atoms with Gasteiger partial charge in [0.25, 0.3) is 5.56 Å². The summed E-state index contributed by atoms with van der Waals surface area (Å²) in [6.45, 7) is 4.46. The molecule has 0 aliphatic rings. The van der Waals surface area contributed by atoms with Gasteiger partial charge in [-0.15, -0.1) is 6.42 Å². The van der Waals surface area contributed by atoms with E-state index in [0.29, 0.717) is 40.1 Å². The topological polar surface area (TPSA) is 64.4 Å². The van der Waals surface area contributed by atoms with Gasteiger partial charge >= 0.3 is 6.18 Å². The van der Waals surface area contributed by atoms with Gasteiger partial charge in [0.05, 0.1) is 41.2 Å². The number of alkyl halides is 3. The van der Waals surface area contributed by atoms with Crippen molar-refractivity contribution >= 4 is 16.8 Å². The second kappa shape index (κ2) is 12.2. The molecule has 0 fully saturated rings. The van der Waals surface area contributed by atoms with Gasteiger partial charge in [-0.05, 0) is 67.9 Å². The molecule has 0 bridgehead atoms. The van der Waals surface area contributed by atoms with Crippen LogP contribution in [0.4, 0.5) is 13.2 Å². The summed E-state index contributed by atoms with van der Waals surface area (Å²) >= 11 is 0. The first-order chi connectivity index (χ1) is 19.1. The molecule has 206 valence electrons. The van der Waals surface area contributed by atoms with Crippen molar-refractivity contribution in [2.75, 3.05) is 19.8 Å². The van der Waals surface area contributed by atoms with Crippen LogP contribution in [-0.4, -0.2) is 40.1 Å². The lowest BCUT2D eigenvalue weighted by Crippen LogP contribution is -2.40. The van der Waals surface area contributed by atoms with Crippen LogP contribution in [0.5, 0.6) is 0 Å². The Morgan fingerprint density at radius 2 is 1.75 bits per heavy atom. The minimum absolute atomic E-state index is 0.136. The number of hydrogen-bond acceptors (Lipinski definition) is 4. The van der Waals surface area contributed by atoms with Crippen molar-refractivity contribution in [3.8, 4) is 18.0 Å². The number of para-hydroxylation sites is 1. The zero-order valence-corrected chi connectivity index (χ0v) is 22.1. The van der Waals surface area contributed by atoms with Crippen LogP contribution < -0.4 is 5.56 Å². The van der Waals surface area contributed by atoms with Crippen molar-refractivity contribution < 1.29 is 22.7 Å².